The fraction of sp³-hybridized carbons (Fsp3) is 0.833. The standard InChI is InChI=1S/C12H21N3O2/c1-9(2)12-14-13-11(17-12)8-15-5-4-6-16-10(3)7-15/h9-10H,4-8H2,1-3H3/t10-/m1/s1. The van der Waals surface area contributed by atoms with Crippen molar-refractivity contribution in [3.05, 3.63) is 11.8 Å². The molecule has 1 fully saturated rings. The molecule has 0 amide bonds. The zero-order chi connectivity index (χ0) is 12.3. The van der Waals surface area contributed by atoms with Gasteiger partial charge in [0.1, 0.15) is 0 Å². The molecule has 0 unspecified atom stereocenters. The fourth-order valence-corrected chi connectivity index (χ4v) is 1.98. The van der Waals surface area contributed by atoms with E-state index >= 15 is 0 Å². The summed E-state index contributed by atoms with van der Waals surface area (Å²) in [6, 6.07) is 0. The monoisotopic (exact) mass is 239 g/mol. The highest BCUT2D eigenvalue weighted by molar-refractivity contribution is 4.87. The van der Waals surface area contributed by atoms with Crippen LogP contribution >= 0.6 is 0 Å². The van der Waals surface area contributed by atoms with Crippen molar-refractivity contribution in [3.8, 4) is 0 Å². The van der Waals surface area contributed by atoms with Crippen molar-refractivity contribution >= 4 is 0 Å². The van der Waals surface area contributed by atoms with Crippen molar-refractivity contribution in [2.24, 2.45) is 0 Å². The van der Waals surface area contributed by atoms with Gasteiger partial charge in [-0.3, -0.25) is 4.90 Å². The zero-order valence-corrected chi connectivity index (χ0v) is 10.8. The predicted molar refractivity (Wildman–Crippen MR) is 63.7 cm³/mol. The summed E-state index contributed by atoms with van der Waals surface area (Å²) in [6.07, 6.45) is 1.35. The van der Waals surface area contributed by atoms with Gasteiger partial charge in [0.15, 0.2) is 0 Å². The van der Waals surface area contributed by atoms with Gasteiger partial charge >= 0.3 is 0 Å². The van der Waals surface area contributed by atoms with Crippen LogP contribution in [-0.2, 0) is 11.3 Å². The molecule has 0 aromatic carbocycles. The first-order chi connectivity index (χ1) is 8.15. The highest BCUT2D eigenvalue weighted by Gasteiger charge is 2.18. The molecule has 0 saturated carbocycles. The second-order valence-corrected chi connectivity index (χ2v) is 4.96. The van der Waals surface area contributed by atoms with Gasteiger partial charge in [-0.15, -0.1) is 10.2 Å². The van der Waals surface area contributed by atoms with Gasteiger partial charge in [0.05, 0.1) is 12.6 Å². The van der Waals surface area contributed by atoms with Crippen LogP contribution in [-0.4, -0.2) is 40.9 Å². The summed E-state index contributed by atoms with van der Waals surface area (Å²) in [4.78, 5) is 2.31. The summed E-state index contributed by atoms with van der Waals surface area (Å²) < 4.78 is 11.2. The lowest BCUT2D eigenvalue weighted by Crippen LogP contribution is -2.29. The van der Waals surface area contributed by atoms with Crippen molar-refractivity contribution in [2.75, 3.05) is 19.7 Å². The van der Waals surface area contributed by atoms with Gasteiger partial charge in [-0.1, -0.05) is 13.8 Å². The van der Waals surface area contributed by atoms with Gasteiger partial charge in [0.25, 0.3) is 0 Å². The molecule has 1 aromatic rings. The Morgan fingerprint density at radius 2 is 2.24 bits per heavy atom. The van der Waals surface area contributed by atoms with E-state index in [1.165, 1.54) is 0 Å². The van der Waals surface area contributed by atoms with E-state index < -0.39 is 0 Å². The normalized spacial score (nSPS) is 22.9. The molecule has 1 aromatic heterocycles. The second-order valence-electron chi connectivity index (χ2n) is 4.96. The molecule has 0 spiro atoms. The first kappa shape index (κ1) is 12.5. The third-order valence-corrected chi connectivity index (χ3v) is 2.87. The maximum Gasteiger partial charge on any atom is 0.230 e. The van der Waals surface area contributed by atoms with E-state index in [0.29, 0.717) is 11.8 Å². The maximum absolute atomic E-state index is 5.62. The first-order valence-corrected chi connectivity index (χ1v) is 6.31. The average molecular weight is 239 g/mol. The van der Waals surface area contributed by atoms with Crippen molar-refractivity contribution in [3.63, 3.8) is 0 Å². The van der Waals surface area contributed by atoms with Crippen LogP contribution < -0.4 is 0 Å². The first-order valence-electron chi connectivity index (χ1n) is 6.31. The number of ether oxygens (including phenoxy) is 1. The molecule has 0 bridgehead atoms. The van der Waals surface area contributed by atoms with E-state index in [4.69, 9.17) is 9.15 Å². The summed E-state index contributed by atoms with van der Waals surface area (Å²) in [6.45, 7) is 9.75. The average Bonchev–Trinajstić information content (AvgIpc) is 2.63. The Hall–Kier alpha value is -0.940. The van der Waals surface area contributed by atoms with E-state index in [2.05, 4.69) is 35.9 Å². The molecule has 1 saturated heterocycles. The van der Waals surface area contributed by atoms with Crippen LogP contribution in [0.5, 0.6) is 0 Å². The van der Waals surface area contributed by atoms with E-state index in [1.807, 2.05) is 0 Å². The van der Waals surface area contributed by atoms with Crippen molar-refractivity contribution in [1.82, 2.24) is 15.1 Å². The minimum absolute atomic E-state index is 0.282. The van der Waals surface area contributed by atoms with E-state index in [1.54, 1.807) is 0 Å². The minimum Gasteiger partial charge on any atom is -0.424 e. The van der Waals surface area contributed by atoms with Gasteiger partial charge in [-0.25, -0.2) is 0 Å². The Kier molecular flexibility index (Phi) is 4.12. The third-order valence-electron chi connectivity index (χ3n) is 2.87. The molecule has 5 nitrogen and oxygen atoms in total. The van der Waals surface area contributed by atoms with Gasteiger partial charge in [0, 0.05) is 25.6 Å². The molecule has 1 aliphatic heterocycles. The molecule has 1 atom stereocenters. The van der Waals surface area contributed by atoms with E-state index in [0.717, 1.165) is 38.6 Å². The Bertz CT molecular complexity index is 351. The van der Waals surface area contributed by atoms with Crippen LogP contribution in [0.1, 0.15) is 44.9 Å². The lowest BCUT2D eigenvalue weighted by Gasteiger charge is -2.19. The van der Waals surface area contributed by atoms with Crippen LogP contribution in [0.15, 0.2) is 4.42 Å². The molecule has 17 heavy (non-hydrogen) atoms. The SMILES string of the molecule is CC(C)c1nnc(CN2CCCO[C@H](C)C2)o1. The van der Waals surface area contributed by atoms with Gasteiger partial charge < -0.3 is 9.15 Å². The van der Waals surface area contributed by atoms with Crippen LogP contribution in [0.25, 0.3) is 0 Å². The van der Waals surface area contributed by atoms with Crippen molar-refractivity contribution in [1.29, 1.82) is 0 Å². The van der Waals surface area contributed by atoms with Crippen LogP contribution in [0, 0.1) is 0 Å². The van der Waals surface area contributed by atoms with E-state index in [9.17, 15) is 0 Å². The Morgan fingerprint density at radius 3 is 2.94 bits per heavy atom. The predicted octanol–water partition coefficient (Wildman–Crippen LogP) is 1.80. The smallest absolute Gasteiger partial charge is 0.230 e. The summed E-state index contributed by atoms with van der Waals surface area (Å²) >= 11 is 0. The molecule has 1 aliphatic rings. The second kappa shape index (κ2) is 5.60. The van der Waals surface area contributed by atoms with Crippen molar-refractivity contribution in [2.45, 2.75) is 45.8 Å². The molecule has 2 rings (SSSR count). The van der Waals surface area contributed by atoms with Crippen LogP contribution in [0.3, 0.4) is 0 Å². The topological polar surface area (TPSA) is 51.4 Å². The van der Waals surface area contributed by atoms with Crippen molar-refractivity contribution < 1.29 is 9.15 Å². The summed E-state index contributed by atoms with van der Waals surface area (Å²) in [5.41, 5.74) is 0. The Morgan fingerprint density at radius 1 is 1.41 bits per heavy atom. The minimum atomic E-state index is 0.282. The molecule has 0 aliphatic carbocycles. The maximum atomic E-state index is 5.62. The summed E-state index contributed by atoms with van der Waals surface area (Å²) in [7, 11) is 0. The van der Waals surface area contributed by atoms with Gasteiger partial charge in [-0.2, -0.15) is 0 Å². The molecule has 2 heterocycles. The Balaban J connectivity index is 1.94. The Labute approximate surface area is 102 Å². The molecular weight excluding hydrogens is 218 g/mol. The molecule has 5 heteroatoms. The largest absolute Gasteiger partial charge is 0.424 e. The quantitative estimate of drug-likeness (QED) is 0.805. The van der Waals surface area contributed by atoms with Crippen LogP contribution in [0.2, 0.25) is 0 Å². The molecular formula is C12H21N3O2. The lowest BCUT2D eigenvalue weighted by molar-refractivity contribution is 0.0655. The summed E-state index contributed by atoms with van der Waals surface area (Å²) in [5, 5.41) is 8.14. The number of aromatic nitrogens is 2. The molecule has 0 N–H and O–H groups in total. The van der Waals surface area contributed by atoms with Gasteiger partial charge in [0.2, 0.25) is 11.8 Å². The number of rotatable bonds is 3. The highest BCUT2D eigenvalue weighted by Crippen LogP contribution is 2.14. The third kappa shape index (κ3) is 3.51. The molecule has 0 radical (unpaired) electrons. The lowest BCUT2D eigenvalue weighted by atomic mass is 10.2. The van der Waals surface area contributed by atoms with E-state index in [-0.39, 0.29) is 6.10 Å². The number of hydrogen-bond acceptors (Lipinski definition) is 5. The highest BCUT2D eigenvalue weighted by atomic mass is 16.5. The van der Waals surface area contributed by atoms with Gasteiger partial charge in [-0.05, 0) is 13.3 Å². The molecule has 96 valence electrons. The number of nitrogens with zero attached hydrogens (tertiary/aromatic N) is 3. The number of hydrogen-bond donors (Lipinski definition) is 0. The fourth-order valence-electron chi connectivity index (χ4n) is 1.98. The van der Waals surface area contributed by atoms with Crippen LogP contribution in [0.4, 0.5) is 0 Å². The zero-order valence-electron chi connectivity index (χ0n) is 10.8. The summed E-state index contributed by atoms with van der Waals surface area (Å²) in [5.74, 6) is 1.73.